The van der Waals surface area contributed by atoms with E-state index in [1.54, 1.807) is 6.07 Å². The number of nitrogens with zero attached hydrogens (tertiary/aromatic N) is 3. The summed E-state index contributed by atoms with van der Waals surface area (Å²) in [6.07, 6.45) is 0. The van der Waals surface area contributed by atoms with Gasteiger partial charge in [-0.3, -0.25) is 0 Å². The first kappa shape index (κ1) is 13.8. The maximum absolute atomic E-state index is 13.4. The lowest BCUT2D eigenvalue weighted by atomic mass is 10.1. The van der Waals surface area contributed by atoms with Crippen LogP contribution in [0.3, 0.4) is 0 Å². The van der Waals surface area contributed by atoms with Crippen molar-refractivity contribution in [1.29, 1.82) is 0 Å². The average molecular weight is 304 g/mol. The molecule has 3 aromatic rings. The van der Waals surface area contributed by atoms with Gasteiger partial charge >= 0.3 is 0 Å². The number of halogens is 1. The van der Waals surface area contributed by atoms with Crippen LogP contribution in [0, 0.1) is 19.7 Å². The minimum atomic E-state index is -0.332. The summed E-state index contributed by atoms with van der Waals surface area (Å²) < 4.78 is 18.7. The molecule has 0 amide bonds. The normalized spacial score (nSPS) is 11.0. The molecule has 0 aliphatic heterocycles. The van der Waals surface area contributed by atoms with Crippen molar-refractivity contribution in [1.82, 2.24) is 15.1 Å². The van der Waals surface area contributed by atoms with Crippen LogP contribution in [0.4, 0.5) is 4.39 Å². The molecule has 0 fully saturated rings. The van der Waals surface area contributed by atoms with Crippen LogP contribution in [0.15, 0.2) is 22.7 Å². The van der Waals surface area contributed by atoms with Crippen molar-refractivity contribution in [2.24, 2.45) is 5.73 Å². The summed E-state index contributed by atoms with van der Waals surface area (Å²) in [6, 6.07) is 4.49. The molecule has 2 heterocycles. The van der Waals surface area contributed by atoms with Gasteiger partial charge in [-0.15, -0.1) is 11.3 Å². The largest absolute Gasteiger partial charge is 0.333 e. The molecule has 1 aromatic carbocycles. The Morgan fingerprint density at radius 2 is 2.10 bits per heavy atom. The predicted molar refractivity (Wildman–Crippen MR) is 78.2 cm³/mol. The van der Waals surface area contributed by atoms with Gasteiger partial charge in [0.1, 0.15) is 15.7 Å². The van der Waals surface area contributed by atoms with Gasteiger partial charge < -0.3 is 10.3 Å². The highest BCUT2D eigenvalue weighted by molar-refractivity contribution is 7.15. The van der Waals surface area contributed by atoms with E-state index in [0.717, 1.165) is 21.1 Å². The lowest BCUT2D eigenvalue weighted by molar-refractivity contribution is 0.433. The molecule has 0 atom stereocenters. The zero-order chi connectivity index (χ0) is 15.0. The fourth-order valence-electron chi connectivity index (χ4n) is 2.00. The third kappa shape index (κ3) is 2.57. The SMILES string of the molecule is Cc1ccc(F)cc1-c1noc(-c2sc(CN)nc2C)n1. The topological polar surface area (TPSA) is 77.8 Å². The van der Waals surface area contributed by atoms with E-state index in [1.807, 2.05) is 13.8 Å². The molecule has 0 radical (unpaired) electrons. The fraction of sp³-hybridized carbons (Fsp3) is 0.214. The molecular formula is C14H13FN4OS. The number of aromatic nitrogens is 3. The van der Waals surface area contributed by atoms with Gasteiger partial charge in [-0.25, -0.2) is 9.37 Å². The predicted octanol–water partition coefficient (Wildman–Crippen LogP) is 3.07. The van der Waals surface area contributed by atoms with Crippen LogP contribution in [0.25, 0.3) is 22.2 Å². The Kier molecular flexibility index (Phi) is 3.52. The number of nitrogens with two attached hydrogens (primary N) is 1. The molecule has 2 N–H and O–H groups in total. The summed E-state index contributed by atoms with van der Waals surface area (Å²) in [5, 5.41) is 4.75. The van der Waals surface area contributed by atoms with E-state index in [-0.39, 0.29) is 5.82 Å². The zero-order valence-corrected chi connectivity index (χ0v) is 12.4. The summed E-state index contributed by atoms with van der Waals surface area (Å²) in [6.45, 7) is 4.10. The maximum atomic E-state index is 13.4. The van der Waals surface area contributed by atoms with E-state index in [1.165, 1.54) is 23.5 Å². The van der Waals surface area contributed by atoms with Crippen LogP contribution in [-0.4, -0.2) is 15.1 Å². The highest BCUT2D eigenvalue weighted by Crippen LogP contribution is 2.31. The van der Waals surface area contributed by atoms with E-state index in [9.17, 15) is 4.39 Å². The minimum absolute atomic E-state index is 0.332. The molecule has 7 heteroatoms. The zero-order valence-electron chi connectivity index (χ0n) is 11.6. The highest BCUT2D eigenvalue weighted by atomic mass is 32.1. The van der Waals surface area contributed by atoms with Gasteiger partial charge in [0.25, 0.3) is 5.89 Å². The molecule has 5 nitrogen and oxygen atoms in total. The number of aryl methyl sites for hydroxylation is 2. The maximum Gasteiger partial charge on any atom is 0.270 e. The lowest BCUT2D eigenvalue weighted by Crippen LogP contribution is -1.94. The van der Waals surface area contributed by atoms with Crippen molar-refractivity contribution in [3.8, 4) is 22.2 Å². The third-order valence-electron chi connectivity index (χ3n) is 3.08. The summed E-state index contributed by atoms with van der Waals surface area (Å²) in [5.74, 6) is 0.411. The Bertz CT molecular complexity index is 796. The van der Waals surface area contributed by atoms with E-state index < -0.39 is 0 Å². The van der Waals surface area contributed by atoms with Gasteiger partial charge in [-0.1, -0.05) is 11.2 Å². The summed E-state index contributed by atoms with van der Waals surface area (Å²) in [5.41, 5.74) is 7.88. The van der Waals surface area contributed by atoms with Crippen LogP contribution in [0.2, 0.25) is 0 Å². The van der Waals surface area contributed by atoms with Crippen molar-refractivity contribution in [3.05, 3.63) is 40.3 Å². The van der Waals surface area contributed by atoms with Crippen molar-refractivity contribution in [3.63, 3.8) is 0 Å². The number of benzene rings is 1. The van der Waals surface area contributed by atoms with Gasteiger partial charge in [0, 0.05) is 12.1 Å². The number of thiazole rings is 1. The fourth-order valence-corrected chi connectivity index (χ4v) is 2.86. The van der Waals surface area contributed by atoms with Crippen LogP contribution in [-0.2, 0) is 6.54 Å². The smallest absolute Gasteiger partial charge is 0.270 e. The summed E-state index contributed by atoms with van der Waals surface area (Å²) in [4.78, 5) is 9.47. The Hall–Kier alpha value is -2.12. The van der Waals surface area contributed by atoms with Crippen LogP contribution in [0.1, 0.15) is 16.3 Å². The molecule has 21 heavy (non-hydrogen) atoms. The van der Waals surface area contributed by atoms with Crippen LogP contribution < -0.4 is 5.73 Å². The van der Waals surface area contributed by atoms with Crippen molar-refractivity contribution >= 4 is 11.3 Å². The third-order valence-corrected chi connectivity index (χ3v) is 4.24. The monoisotopic (exact) mass is 304 g/mol. The molecule has 0 saturated carbocycles. The number of hydrogen-bond acceptors (Lipinski definition) is 6. The molecule has 0 aliphatic carbocycles. The van der Waals surface area contributed by atoms with Gasteiger partial charge in [0.2, 0.25) is 5.82 Å². The van der Waals surface area contributed by atoms with Gasteiger partial charge in [-0.2, -0.15) is 4.98 Å². The van der Waals surface area contributed by atoms with Crippen LogP contribution >= 0.6 is 11.3 Å². The Morgan fingerprint density at radius 3 is 2.81 bits per heavy atom. The van der Waals surface area contributed by atoms with E-state index in [0.29, 0.717) is 23.8 Å². The molecule has 0 bridgehead atoms. The number of hydrogen-bond donors (Lipinski definition) is 1. The van der Waals surface area contributed by atoms with Gasteiger partial charge in [0.15, 0.2) is 0 Å². The summed E-state index contributed by atoms with van der Waals surface area (Å²) in [7, 11) is 0. The molecule has 2 aromatic heterocycles. The van der Waals surface area contributed by atoms with E-state index in [4.69, 9.17) is 10.3 Å². The molecule has 3 rings (SSSR count). The molecule has 0 saturated heterocycles. The van der Waals surface area contributed by atoms with Crippen molar-refractivity contribution < 1.29 is 8.91 Å². The first-order valence-electron chi connectivity index (χ1n) is 6.35. The van der Waals surface area contributed by atoms with Gasteiger partial charge in [0.05, 0.1) is 5.69 Å². The van der Waals surface area contributed by atoms with Crippen molar-refractivity contribution in [2.75, 3.05) is 0 Å². The second-order valence-electron chi connectivity index (χ2n) is 4.61. The van der Waals surface area contributed by atoms with Gasteiger partial charge in [-0.05, 0) is 31.5 Å². The van der Waals surface area contributed by atoms with E-state index >= 15 is 0 Å². The number of rotatable bonds is 3. The molecule has 0 aliphatic rings. The second-order valence-corrected chi connectivity index (χ2v) is 5.69. The Balaban J connectivity index is 2.03. The van der Waals surface area contributed by atoms with E-state index in [2.05, 4.69) is 15.1 Å². The first-order valence-corrected chi connectivity index (χ1v) is 7.17. The molecule has 0 unspecified atom stereocenters. The van der Waals surface area contributed by atoms with Crippen LogP contribution in [0.5, 0.6) is 0 Å². The molecule has 108 valence electrons. The molecule has 0 spiro atoms. The minimum Gasteiger partial charge on any atom is -0.333 e. The lowest BCUT2D eigenvalue weighted by Gasteiger charge is -1.99. The second kappa shape index (κ2) is 5.34. The summed E-state index contributed by atoms with van der Waals surface area (Å²) >= 11 is 1.42. The quantitative estimate of drug-likeness (QED) is 0.804. The van der Waals surface area contributed by atoms with Crippen molar-refractivity contribution in [2.45, 2.75) is 20.4 Å². The molecular weight excluding hydrogens is 291 g/mol. The Labute approximate surface area is 124 Å². The highest BCUT2D eigenvalue weighted by Gasteiger charge is 2.17. The standard InChI is InChI=1S/C14H13FN4OS/c1-7-3-4-9(15)5-10(7)13-18-14(20-19-13)12-8(2)17-11(6-16)21-12/h3-5H,6,16H2,1-2H3. The first-order chi connectivity index (χ1) is 10.1. The Morgan fingerprint density at radius 1 is 1.29 bits per heavy atom. The average Bonchev–Trinajstić information content (AvgIpc) is 3.07.